The maximum atomic E-state index is 12.6. The number of pyridine rings is 1. The van der Waals surface area contributed by atoms with Crippen LogP contribution in [0.1, 0.15) is 19.8 Å². The van der Waals surface area contributed by atoms with Gasteiger partial charge in [-0.15, -0.1) is 0 Å². The minimum atomic E-state index is -3.16. The molecular weight excluding hydrogens is 409 g/mol. The summed E-state index contributed by atoms with van der Waals surface area (Å²) >= 11 is 0. The number of aromatic nitrogens is 1. The van der Waals surface area contributed by atoms with Crippen LogP contribution in [0.3, 0.4) is 0 Å². The number of carbonyl (C=O) groups is 1. The van der Waals surface area contributed by atoms with Crippen LogP contribution in [-0.4, -0.2) is 83.1 Å². The monoisotopic (exact) mass is 435 g/mol. The van der Waals surface area contributed by atoms with E-state index in [9.17, 15) is 13.2 Å². The Morgan fingerprint density at radius 3 is 2.32 bits per heavy atom. The van der Waals surface area contributed by atoms with Crippen LogP contribution in [0.15, 0.2) is 48.7 Å². The van der Waals surface area contributed by atoms with Gasteiger partial charge in [0.05, 0.1) is 23.3 Å². The number of hydrogen-bond donors (Lipinski definition) is 1. The normalized spacial score (nSPS) is 14.8. The summed E-state index contributed by atoms with van der Waals surface area (Å²) in [4.78, 5) is 18.6. The second-order valence-electron chi connectivity index (χ2n) is 7.06. The zero-order valence-electron chi connectivity index (χ0n) is 17.9. The van der Waals surface area contributed by atoms with E-state index in [4.69, 9.17) is 0 Å². The Labute approximate surface area is 188 Å². The number of rotatable bonds is 5. The van der Waals surface area contributed by atoms with Crippen LogP contribution in [0.4, 0.5) is 10.5 Å². The second kappa shape index (κ2) is 12.0. The number of hydrogen-bond acceptors (Lipinski definition) is 4. The van der Waals surface area contributed by atoms with Crippen LogP contribution in [0, 0.1) is 0 Å². The largest absolute Gasteiger partial charge is 0.325 e. The molecule has 2 heterocycles. The fourth-order valence-electron chi connectivity index (χ4n) is 3.32. The van der Waals surface area contributed by atoms with Crippen LogP contribution in [0.2, 0.25) is 0 Å². The van der Waals surface area contributed by atoms with E-state index in [-0.39, 0.29) is 17.8 Å². The number of urea groups is 1. The standard InChI is InChI=1S/C20H26N4O3S.B3/c1-3-28(26,27)24-13-11-18(12-14-24)23(2)20(25)22-17-9-10-19(21-15-17)16-7-5-4-6-8-16;1-3-2/h4-10,15,18H,3,11-14H2,1-2H3,(H,22,25);. The van der Waals surface area contributed by atoms with Gasteiger partial charge in [-0.05, 0) is 31.9 Å². The van der Waals surface area contributed by atoms with Gasteiger partial charge in [-0.3, -0.25) is 4.98 Å². The van der Waals surface area contributed by atoms with Gasteiger partial charge in [-0.1, -0.05) is 30.3 Å². The fraction of sp³-hybridized carbons (Fsp3) is 0.400. The van der Waals surface area contributed by atoms with E-state index in [1.54, 1.807) is 25.1 Å². The summed E-state index contributed by atoms with van der Waals surface area (Å²) in [5, 5.41) is 2.86. The third-order valence-electron chi connectivity index (χ3n) is 5.13. The molecule has 0 atom stereocenters. The Hall–Kier alpha value is -2.26. The first-order valence-corrected chi connectivity index (χ1v) is 11.7. The molecule has 5 radical (unpaired) electrons. The van der Waals surface area contributed by atoms with Crippen LogP contribution < -0.4 is 5.32 Å². The molecule has 0 unspecified atom stereocenters. The molecule has 3 rings (SSSR count). The summed E-state index contributed by atoms with van der Waals surface area (Å²) < 4.78 is 25.4. The molecule has 1 aromatic heterocycles. The molecule has 0 saturated carbocycles. The van der Waals surface area contributed by atoms with Crippen LogP contribution in [0.25, 0.3) is 11.3 Å². The smallest absolute Gasteiger partial charge is 0.321 e. The Morgan fingerprint density at radius 1 is 1.19 bits per heavy atom. The molecule has 1 saturated heterocycles. The number of anilines is 1. The molecule has 7 nitrogen and oxygen atoms in total. The highest BCUT2D eigenvalue weighted by atomic mass is 32.2. The molecule has 1 N–H and O–H groups in total. The molecule has 0 spiro atoms. The molecule has 1 aliphatic rings. The number of benzene rings is 1. The van der Waals surface area contributed by atoms with Gasteiger partial charge < -0.3 is 10.2 Å². The minimum Gasteiger partial charge on any atom is -0.325 e. The lowest BCUT2D eigenvalue weighted by molar-refractivity contribution is 0.174. The van der Waals surface area contributed by atoms with E-state index < -0.39 is 10.0 Å². The first kappa shape index (κ1) is 25.0. The van der Waals surface area contributed by atoms with E-state index in [0.29, 0.717) is 31.6 Å². The maximum Gasteiger partial charge on any atom is 0.321 e. The average molecular weight is 435 g/mol. The van der Waals surface area contributed by atoms with E-state index >= 15 is 0 Å². The first-order chi connectivity index (χ1) is 14.8. The van der Waals surface area contributed by atoms with Crippen molar-refractivity contribution < 1.29 is 13.2 Å². The van der Waals surface area contributed by atoms with Crippen LogP contribution in [-0.2, 0) is 10.0 Å². The van der Waals surface area contributed by atoms with Crippen molar-refractivity contribution in [2.24, 2.45) is 0 Å². The summed E-state index contributed by atoms with van der Waals surface area (Å²) in [6.07, 6.45) is 2.91. The van der Waals surface area contributed by atoms with Gasteiger partial charge in [0, 0.05) is 54.3 Å². The quantitative estimate of drug-likeness (QED) is 0.728. The van der Waals surface area contributed by atoms with Crippen molar-refractivity contribution in [2.75, 3.05) is 31.2 Å². The summed E-state index contributed by atoms with van der Waals surface area (Å²) in [6, 6.07) is 13.3. The number of nitrogens with zero attached hydrogens (tertiary/aromatic N) is 3. The molecule has 2 amide bonds. The number of carbonyl (C=O) groups excluding carboxylic acids is 1. The molecule has 31 heavy (non-hydrogen) atoms. The van der Waals surface area contributed by atoms with Crippen molar-refractivity contribution in [3.05, 3.63) is 48.7 Å². The van der Waals surface area contributed by atoms with Crippen molar-refractivity contribution in [2.45, 2.75) is 25.8 Å². The summed E-state index contributed by atoms with van der Waals surface area (Å²) in [5.41, 5.74) is 2.49. The molecule has 2 aromatic rings. The third kappa shape index (κ3) is 7.14. The lowest BCUT2D eigenvalue weighted by Crippen LogP contribution is -2.48. The number of nitrogens with one attached hydrogen (secondary N) is 1. The molecule has 1 aliphatic heterocycles. The highest BCUT2D eigenvalue weighted by Gasteiger charge is 2.30. The highest BCUT2D eigenvalue weighted by molar-refractivity contribution is 7.89. The SMILES string of the molecule is CCS(=O)(=O)N1CCC(N(C)C(=O)Nc2ccc(-c3ccccc3)nc2)CC1.[B][B][B]. The highest BCUT2D eigenvalue weighted by Crippen LogP contribution is 2.21. The summed E-state index contributed by atoms with van der Waals surface area (Å²) in [6.45, 7) is 2.55. The number of piperidine rings is 1. The molecular formula is C20H26B3N4O3S. The summed E-state index contributed by atoms with van der Waals surface area (Å²) in [5.74, 6) is 0.111. The second-order valence-corrected chi connectivity index (χ2v) is 9.32. The van der Waals surface area contributed by atoms with Crippen molar-refractivity contribution in [3.8, 4) is 11.3 Å². The molecule has 1 fully saturated rings. The predicted octanol–water partition coefficient (Wildman–Crippen LogP) is 1.88. The molecule has 1 aromatic carbocycles. The molecule has 0 aliphatic carbocycles. The van der Waals surface area contributed by atoms with Crippen molar-refractivity contribution in [1.82, 2.24) is 14.2 Å². The average Bonchev–Trinajstić information content (AvgIpc) is 2.80. The van der Waals surface area contributed by atoms with E-state index in [1.165, 1.54) is 4.31 Å². The van der Waals surface area contributed by atoms with Crippen LogP contribution >= 0.6 is 0 Å². The van der Waals surface area contributed by atoms with Gasteiger partial charge in [-0.2, -0.15) is 0 Å². The topological polar surface area (TPSA) is 82.6 Å². The first-order valence-electron chi connectivity index (χ1n) is 10.1. The predicted molar refractivity (Wildman–Crippen MR) is 128 cm³/mol. The lowest BCUT2D eigenvalue weighted by atomic mass is 9.40. The van der Waals surface area contributed by atoms with Gasteiger partial charge in [0.25, 0.3) is 0 Å². The van der Waals surface area contributed by atoms with E-state index in [2.05, 4.69) is 25.8 Å². The van der Waals surface area contributed by atoms with Crippen molar-refractivity contribution in [3.63, 3.8) is 0 Å². The number of amides is 2. The van der Waals surface area contributed by atoms with E-state index in [0.717, 1.165) is 18.3 Å². The minimum absolute atomic E-state index is 0.0138. The van der Waals surface area contributed by atoms with Gasteiger partial charge in [-0.25, -0.2) is 17.5 Å². The van der Waals surface area contributed by atoms with Gasteiger partial charge >= 0.3 is 6.03 Å². The van der Waals surface area contributed by atoms with Crippen molar-refractivity contribution in [1.29, 1.82) is 0 Å². The molecule has 0 bridgehead atoms. The Balaban J connectivity index is 0.00000107. The Bertz CT molecular complexity index is 922. The van der Waals surface area contributed by atoms with Gasteiger partial charge in [0.2, 0.25) is 10.0 Å². The van der Waals surface area contributed by atoms with Crippen LogP contribution in [0.5, 0.6) is 0 Å². The third-order valence-corrected chi connectivity index (χ3v) is 7.02. The fourth-order valence-corrected chi connectivity index (χ4v) is 4.45. The van der Waals surface area contributed by atoms with Crippen molar-refractivity contribution >= 4 is 44.3 Å². The Morgan fingerprint density at radius 2 is 1.81 bits per heavy atom. The Kier molecular flexibility index (Phi) is 9.64. The molecule has 159 valence electrons. The van der Waals surface area contributed by atoms with Gasteiger partial charge in [0.15, 0.2) is 0 Å². The van der Waals surface area contributed by atoms with E-state index in [1.807, 2.05) is 42.5 Å². The number of sulfonamides is 1. The zero-order chi connectivity index (χ0) is 22.9. The zero-order valence-corrected chi connectivity index (χ0v) is 18.8. The van der Waals surface area contributed by atoms with Gasteiger partial charge in [0.1, 0.15) is 0 Å². The lowest BCUT2D eigenvalue weighted by Gasteiger charge is -2.35. The summed E-state index contributed by atoms with van der Waals surface area (Å²) in [7, 11) is 8.59. The molecule has 11 heteroatoms. The maximum absolute atomic E-state index is 12.6.